The van der Waals surface area contributed by atoms with Crippen molar-refractivity contribution in [1.29, 1.82) is 0 Å². The molecule has 8 nitrogen and oxygen atoms in total. The second-order valence-corrected chi connectivity index (χ2v) is 7.80. The fraction of sp³-hybridized carbons (Fsp3) is 0.474. The smallest absolute Gasteiger partial charge is 0.338 e. The molecule has 28 heavy (non-hydrogen) atoms. The van der Waals surface area contributed by atoms with Gasteiger partial charge in [0.2, 0.25) is 5.91 Å². The van der Waals surface area contributed by atoms with Gasteiger partial charge in [-0.2, -0.15) is 0 Å². The summed E-state index contributed by atoms with van der Waals surface area (Å²) in [4.78, 5) is 51.1. The highest BCUT2D eigenvalue weighted by atomic mass is 32.2. The Morgan fingerprint density at radius 1 is 1.18 bits per heavy atom. The molecule has 2 amide bonds. The molecular formula is C19H22N2O6S. The maximum Gasteiger partial charge on any atom is 0.338 e. The van der Waals surface area contributed by atoms with Gasteiger partial charge in [-0.15, -0.1) is 11.8 Å². The van der Waals surface area contributed by atoms with Crippen LogP contribution < -0.4 is 4.90 Å². The van der Waals surface area contributed by atoms with Crippen LogP contribution in [0.3, 0.4) is 0 Å². The predicted molar refractivity (Wildman–Crippen MR) is 103 cm³/mol. The average Bonchev–Trinajstić information content (AvgIpc) is 3.17. The van der Waals surface area contributed by atoms with E-state index in [0.717, 1.165) is 12.1 Å². The molecule has 1 aromatic carbocycles. The number of rotatable bonds is 5. The molecular weight excluding hydrogens is 384 g/mol. The van der Waals surface area contributed by atoms with Crippen molar-refractivity contribution >= 4 is 41.2 Å². The van der Waals surface area contributed by atoms with Gasteiger partial charge in [0, 0.05) is 37.5 Å². The van der Waals surface area contributed by atoms with Crippen LogP contribution in [0.2, 0.25) is 0 Å². The predicted octanol–water partition coefficient (Wildman–Crippen LogP) is 1.09. The Kier molecular flexibility index (Phi) is 6.56. The molecule has 2 fully saturated rings. The highest BCUT2D eigenvalue weighted by Gasteiger charge is 2.30. The third kappa shape index (κ3) is 4.64. The molecule has 0 radical (unpaired) electrons. The highest BCUT2D eigenvalue weighted by molar-refractivity contribution is 8.00. The van der Waals surface area contributed by atoms with E-state index in [4.69, 9.17) is 9.47 Å². The third-order valence-corrected chi connectivity index (χ3v) is 5.86. The molecule has 2 heterocycles. The zero-order chi connectivity index (χ0) is 20.1. The van der Waals surface area contributed by atoms with Crippen LogP contribution in [0.25, 0.3) is 0 Å². The second kappa shape index (κ2) is 9.09. The Bertz CT molecular complexity index is 766. The summed E-state index contributed by atoms with van der Waals surface area (Å²) in [5, 5.41) is -0.417. The molecule has 1 aromatic rings. The first-order valence-electron chi connectivity index (χ1n) is 9.04. The molecule has 0 aromatic heterocycles. The van der Waals surface area contributed by atoms with Crippen molar-refractivity contribution in [2.45, 2.75) is 18.1 Å². The Balaban J connectivity index is 1.51. The van der Waals surface area contributed by atoms with Crippen LogP contribution in [-0.4, -0.2) is 73.0 Å². The van der Waals surface area contributed by atoms with Crippen molar-refractivity contribution in [3.05, 3.63) is 29.8 Å². The Morgan fingerprint density at radius 2 is 1.93 bits per heavy atom. The van der Waals surface area contributed by atoms with Crippen molar-refractivity contribution in [1.82, 2.24) is 4.90 Å². The van der Waals surface area contributed by atoms with Crippen LogP contribution in [0.1, 0.15) is 23.2 Å². The number of hydrogen-bond acceptors (Lipinski definition) is 7. The Morgan fingerprint density at radius 3 is 2.57 bits per heavy atom. The second-order valence-electron chi connectivity index (χ2n) is 6.49. The van der Waals surface area contributed by atoms with E-state index in [0.29, 0.717) is 30.8 Å². The number of nitrogens with zero attached hydrogens (tertiary/aromatic N) is 2. The maximum absolute atomic E-state index is 12.3. The van der Waals surface area contributed by atoms with Crippen molar-refractivity contribution < 1.29 is 28.7 Å². The van der Waals surface area contributed by atoms with E-state index in [1.807, 2.05) is 0 Å². The summed E-state index contributed by atoms with van der Waals surface area (Å²) < 4.78 is 9.84. The van der Waals surface area contributed by atoms with Gasteiger partial charge in [0.15, 0.2) is 6.61 Å². The van der Waals surface area contributed by atoms with E-state index >= 15 is 0 Å². The molecule has 0 bridgehead atoms. The van der Waals surface area contributed by atoms with Crippen molar-refractivity contribution in [3.8, 4) is 0 Å². The van der Waals surface area contributed by atoms with Crippen LogP contribution in [0, 0.1) is 0 Å². The number of ether oxygens (including phenoxy) is 2. The van der Waals surface area contributed by atoms with Crippen LogP contribution >= 0.6 is 11.8 Å². The lowest BCUT2D eigenvalue weighted by Crippen LogP contribution is -2.46. The minimum absolute atomic E-state index is 0.0749. The zero-order valence-electron chi connectivity index (χ0n) is 15.6. The summed E-state index contributed by atoms with van der Waals surface area (Å²) in [5.41, 5.74) is 1.06. The molecule has 3 rings (SSSR count). The van der Waals surface area contributed by atoms with E-state index in [-0.39, 0.29) is 30.9 Å². The van der Waals surface area contributed by atoms with Gasteiger partial charge in [0.25, 0.3) is 5.91 Å². The molecule has 0 aliphatic carbocycles. The molecule has 0 spiro atoms. The first kappa shape index (κ1) is 20.2. The molecule has 0 N–H and O–H groups in total. The molecule has 2 aliphatic rings. The lowest BCUT2D eigenvalue weighted by atomic mass is 10.2. The summed E-state index contributed by atoms with van der Waals surface area (Å²) in [6.07, 6.45) is 1.37. The van der Waals surface area contributed by atoms with Crippen molar-refractivity contribution in [2.24, 2.45) is 0 Å². The fourth-order valence-corrected chi connectivity index (χ4v) is 4.28. The number of methoxy groups -OCH3 is 1. The first-order valence-corrected chi connectivity index (χ1v) is 10.1. The van der Waals surface area contributed by atoms with E-state index < -0.39 is 11.2 Å². The number of carbonyl (C=O) groups excluding carboxylic acids is 4. The first-order chi connectivity index (χ1) is 13.5. The Labute approximate surface area is 167 Å². The van der Waals surface area contributed by atoms with Crippen LogP contribution in [0.15, 0.2) is 24.3 Å². The number of benzene rings is 1. The van der Waals surface area contributed by atoms with E-state index in [1.165, 1.54) is 23.8 Å². The largest absolute Gasteiger partial charge is 0.468 e. The summed E-state index contributed by atoms with van der Waals surface area (Å²) >= 11 is 1.45. The van der Waals surface area contributed by atoms with Gasteiger partial charge in [0.1, 0.15) is 5.25 Å². The Hall–Kier alpha value is -2.55. The maximum atomic E-state index is 12.3. The number of carbonyl (C=O) groups is 4. The summed E-state index contributed by atoms with van der Waals surface area (Å²) in [6, 6.07) is 6.56. The normalized spacial score (nSPS) is 19.5. The minimum Gasteiger partial charge on any atom is -0.468 e. The van der Waals surface area contributed by atoms with Crippen LogP contribution in [0.4, 0.5) is 5.69 Å². The SMILES string of the molecule is COC(=O)[C@H]1CN(C(=O)COC(=O)c2ccc(N3CCCC3=O)cc2)CCS1. The topological polar surface area (TPSA) is 93.2 Å². The van der Waals surface area contributed by atoms with Crippen LogP contribution in [0.5, 0.6) is 0 Å². The van der Waals surface area contributed by atoms with E-state index in [9.17, 15) is 19.2 Å². The fourth-order valence-electron chi connectivity index (χ4n) is 3.15. The van der Waals surface area contributed by atoms with Crippen molar-refractivity contribution in [2.75, 3.05) is 44.0 Å². The molecule has 2 saturated heterocycles. The van der Waals surface area contributed by atoms with Gasteiger partial charge in [-0.05, 0) is 30.7 Å². The number of thioether (sulfide) groups is 1. The quantitative estimate of drug-likeness (QED) is 0.676. The van der Waals surface area contributed by atoms with Gasteiger partial charge in [-0.25, -0.2) is 4.79 Å². The molecule has 150 valence electrons. The van der Waals surface area contributed by atoms with Gasteiger partial charge >= 0.3 is 11.9 Å². The highest BCUT2D eigenvalue weighted by Crippen LogP contribution is 2.22. The number of anilines is 1. The third-order valence-electron chi connectivity index (χ3n) is 4.70. The minimum atomic E-state index is -0.608. The standard InChI is InChI=1S/C19H22N2O6S/c1-26-19(25)15-11-20(9-10-28-15)17(23)12-27-18(24)13-4-6-14(7-5-13)21-8-2-3-16(21)22/h4-7,15H,2-3,8-12H2,1H3/t15-/m1/s1. The monoisotopic (exact) mass is 406 g/mol. The number of amides is 2. The lowest BCUT2D eigenvalue weighted by molar-refractivity contribution is -0.141. The molecule has 0 saturated carbocycles. The van der Waals surface area contributed by atoms with Crippen LogP contribution in [-0.2, 0) is 23.9 Å². The van der Waals surface area contributed by atoms with E-state index in [1.54, 1.807) is 29.2 Å². The summed E-state index contributed by atoms with van der Waals surface area (Å²) in [6.45, 7) is 1.03. The van der Waals surface area contributed by atoms with Gasteiger partial charge in [-0.3, -0.25) is 14.4 Å². The number of hydrogen-bond donors (Lipinski definition) is 0. The molecule has 0 unspecified atom stereocenters. The van der Waals surface area contributed by atoms with Crippen molar-refractivity contribution in [3.63, 3.8) is 0 Å². The van der Waals surface area contributed by atoms with E-state index in [2.05, 4.69) is 0 Å². The summed E-state index contributed by atoms with van der Waals surface area (Å²) in [5.74, 6) is -0.622. The number of esters is 2. The lowest BCUT2D eigenvalue weighted by Gasteiger charge is -2.30. The van der Waals surface area contributed by atoms with Gasteiger partial charge in [0.05, 0.1) is 12.7 Å². The zero-order valence-corrected chi connectivity index (χ0v) is 16.4. The summed E-state index contributed by atoms with van der Waals surface area (Å²) in [7, 11) is 1.32. The van der Waals surface area contributed by atoms with Gasteiger partial charge < -0.3 is 19.3 Å². The van der Waals surface area contributed by atoms with Gasteiger partial charge in [-0.1, -0.05) is 0 Å². The molecule has 9 heteroatoms. The average molecular weight is 406 g/mol. The molecule has 1 atom stereocenters. The molecule has 2 aliphatic heterocycles.